The Kier molecular flexibility index (Phi) is 5.00. The number of hydrogen-bond donors (Lipinski definition) is 0. The van der Waals surface area contributed by atoms with Gasteiger partial charge in [-0.3, -0.25) is 19.6 Å². The first kappa shape index (κ1) is 20.4. The summed E-state index contributed by atoms with van der Waals surface area (Å²) >= 11 is 0. The van der Waals surface area contributed by atoms with E-state index in [4.69, 9.17) is 9.98 Å². The van der Waals surface area contributed by atoms with Crippen LogP contribution in [0.3, 0.4) is 0 Å². The molecule has 0 aliphatic carbocycles. The second-order valence-corrected chi connectivity index (χ2v) is 8.46. The fourth-order valence-corrected chi connectivity index (χ4v) is 4.29. The SMILES string of the molecule is CCN1C(=O)c2nc(-c3ccc(F)cc3)n(Cc3ccncc3)c2N2C[C@@H](C(C)C)N=C12. The first-order chi connectivity index (χ1) is 15.5. The number of carbonyl (C=O) groups is 1. The summed E-state index contributed by atoms with van der Waals surface area (Å²) in [5, 5.41) is 0. The Bertz CT molecular complexity index is 1190. The summed E-state index contributed by atoms with van der Waals surface area (Å²) in [6.45, 7) is 7.94. The number of anilines is 1. The molecule has 164 valence electrons. The molecule has 5 rings (SSSR count). The maximum absolute atomic E-state index is 13.6. The fourth-order valence-electron chi connectivity index (χ4n) is 4.29. The molecule has 8 heteroatoms. The number of nitrogens with zero attached hydrogens (tertiary/aromatic N) is 6. The number of pyridine rings is 1. The van der Waals surface area contributed by atoms with Crippen LogP contribution in [0.1, 0.15) is 36.8 Å². The third kappa shape index (κ3) is 3.26. The van der Waals surface area contributed by atoms with Crippen molar-refractivity contribution in [3.05, 3.63) is 65.9 Å². The number of amides is 1. The van der Waals surface area contributed by atoms with Crippen molar-refractivity contribution >= 4 is 17.7 Å². The minimum Gasteiger partial charge on any atom is -0.305 e. The van der Waals surface area contributed by atoms with E-state index in [2.05, 4.69) is 23.7 Å². The van der Waals surface area contributed by atoms with Crippen molar-refractivity contribution in [1.82, 2.24) is 19.4 Å². The normalized spacial score (nSPS) is 17.6. The molecule has 4 heterocycles. The van der Waals surface area contributed by atoms with Crippen molar-refractivity contribution in [2.45, 2.75) is 33.4 Å². The number of halogens is 1. The van der Waals surface area contributed by atoms with Crippen LogP contribution in [-0.4, -0.2) is 50.4 Å². The Hall–Kier alpha value is -3.55. The summed E-state index contributed by atoms with van der Waals surface area (Å²) in [7, 11) is 0. The lowest BCUT2D eigenvalue weighted by molar-refractivity contribution is 0.0841. The third-order valence-electron chi connectivity index (χ3n) is 6.06. The highest BCUT2D eigenvalue weighted by atomic mass is 19.1. The Balaban J connectivity index is 1.71. The number of fused-ring (bicyclic) bond motifs is 3. The monoisotopic (exact) mass is 432 g/mol. The zero-order valence-electron chi connectivity index (χ0n) is 18.4. The van der Waals surface area contributed by atoms with E-state index in [-0.39, 0.29) is 17.8 Å². The van der Waals surface area contributed by atoms with E-state index in [9.17, 15) is 9.18 Å². The van der Waals surface area contributed by atoms with Gasteiger partial charge in [-0.2, -0.15) is 0 Å². The number of benzene rings is 1. The molecule has 0 bridgehead atoms. The van der Waals surface area contributed by atoms with E-state index in [1.807, 2.05) is 23.6 Å². The van der Waals surface area contributed by atoms with Gasteiger partial charge in [0.25, 0.3) is 5.91 Å². The van der Waals surface area contributed by atoms with Crippen molar-refractivity contribution in [1.29, 1.82) is 0 Å². The number of aliphatic imine (C=N–C) groups is 1. The lowest BCUT2D eigenvalue weighted by atomic mass is 10.1. The molecular formula is C24H25FN6O. The van der Waals surface area contributed by atoms with Gasteiger partial charge in [0.2, 0.25) is 5.96 Å². The highest BCUT2D eigenvalue weighted by Crippen LogP contribution is 2.37. The topological polar surface area (TPSA) is 66.6 Å². The van der Waals surface area contributed by atoms with Crippen LogP contribution in [0.2, 0.25) is 0 Å². The van der Waals surface area contributed by atoms with E-state index >= 15 is 0 Å². The fraction of sp³-hybridized carbons (Fsp3) is 0.333. The van der Waals surface area contributed by atoms with Crippen LogP contribution in [0.4, 0.5) is 10.2 Å². The van der Waals surface area contributed by atoms with Gasteiger partial charge in [0.1, 0.15) is 17.5 Å². The van der Waals surface area contributed by atoms with E-state index < -0.39 is 0 Å². The second-order valence-electron chi connectivity index (χ2n) is 8.46. The molecule has 2 aliphatic heterocycles. The molecule has 1 atom stereocenters. The highest BCUT2D eigenvalue weighted by molar-refractivity contribution is 6.18. The summed E-state index contributed by atoms with van der Waals surface area (Å²) in [5.74, 6) is 1.94. The minimum absolute atomic E-state index is 0.0938. The number of carbonyl (C=O) groups excluding carboxylic acids is 1. The average molecular weight is 433 g/mol. The quantitative estimate of drug-likeness (QED) is 0.615. The zero-order chi connectivity index (χ0) is 22.4. The Morgan fingerprint density at radius 2 is 1.84 bits per heavy atom. The van der Waals surface area contributed by atoms with Crippen molar-refractivity contribution < 1.29 is 9.18 Å². The van der Waals surface area contributed by atoms with E-state index in [1.165, 1.54) is 12.1 Å². The molecule has 0 unspecified atom stereocenters. The van der Waals surface area contributed by atoms with Crippen molar-refractivity contribution in [2.75, 3.05) is 18.0 Å². The summed E-state index contributed by atoms with van der Waals surface area (Å²) in [4.78, 5) is 31.1. The van der Waals surface area contributed by atoms with Crippen LogP contribution in [0.25, 0.3) is 11.4 Å². The molecule has 0 N–H and O–H groups in total. The zero-order valence-corrected chi connectivity index (χ0v) is 18.4. The Labute approximate surface area is 186 Å². The second kappa shape index (κ2) is 7.85. The van der Waals surface area contributed by atoms with Gasteiger partial charge in [-0.15, -0.1) is 0 Å². The molecule has 2 aliphatic rings. The van der Waals surface area contributed by atoms with Gasteiger partial charge >= 0.3 is 0 Å². The van der Waals surface area contributed by atoms with Gasteiger partial charge in [-0.1, -0.05) is 13.8 Å². The molecular weight excluding hydrogens is 407 g/mol. The molecule has 3 aromatic rings. The predicted octanol–water partition coefficient (Wildman–Crippen LogP) is 3.81. The summed E-state index contributed by atoms with van der Waals surface area (Å²) in [6.07, 6.45) is 3.50. The van der Waals surface area contributed by atoms with Crippen LogP contribution in [0.5, 0.6) is 0 Å². The molecule has 32 heavy (non-hydrogen) atoms. The summed E-state index contributed by atoms with van der Waals surface area (Å²) in [6, 6.07) is 10.2. The molecule has 0 saturated carbocycles. The van der Waals surface area contributed by atoms with Gasteiger partial charge < -0.3 is 4.57 Å². The van der Waals surface area contributed by atoms with E-state index in [0.29, 0.717) is 43.0 Å². The van der Waals surface area contributed by atoms with Gasteiger partial charge in [-0.25, -0.2) is 14.4 Å². The molecule has 2 aromatic heterocycles. The van der Waals surface area contributed by atoms with Crippen molar-refractivity contribution in [3.8, 4) is 11.4 Å². The molecule has 1 aromatic carbocycles. The molecule has 0 spiro atoms. The summed E-state index contributed by atoms with van der Waals surface area (Å²) in [5.41, 5.74) is 2.19. The van der Waals surface area contributed by atoms with Crippen LogP contribution in [0, 0.1) is 11.7 Å². The molecule has 1 amide bonds. The van der Waals surface area contributed by atoms with Crippen LogP contribution in [0.15, 0.2) is 53.8 Å². The summed E-state index contributed by atoms with van der Waals surface area (Å²) < 4.78 is 15.7. The lowest BCUT2D eigenvalue weighted by Gasteiger charge is -2.33. The number of imidazole rings is 1. The highest BCUT2D eigenvalue weighted by Gasteiger charge is 2.44. The average Bonchev–Trinajstić information content (AvgIpc) is 3.38. The van der Waals surface area contributed by atoms with Crippen LogP contribution in [-0.2, 0) is 6.54 Å². The van der Waals surface area contributed by atoms with Gasteiger partial charge in [0.05, 0.1) is 19.1 Å². The third-order valence-corrected chi connectivity index (χ3v) is 6.06. The van der Waals surface area contributed by atoms with Crippen LogP contribution >= 0.6 is 0 Å². The lowest BCUT2D eigenvalue weighted by Crippen LogP contribution is -2.50. The smallest absolute Gasteiger partial charge is 0.283 e. The van der Waals surface area contributed by atoms with E-state index in [1.54, 1.807) is 29.4 Å². The van der Waals surface area contributed by atoms with Gasteiger partial charge in [0, 0.05) is 24.5 Å². The predicted molar refractivity (Wildman–Crippen MR) is 121 cm³/mol. The molecule has 7 nitrogen and oxygen atoms in total. The standard InChI is InChI=1S/C24H25FN6O/c1-4-29-23(32)20-22(31-14-19(15(2)3)27-24(29)31)30(13-16-9-11-26-12-10-16)21(28-20)17-5-7-18(25)8-6-17/h5-12,15,19H,4,13-14H2,1-3H3/t19-/m0/s1. The number of hydrogen-bond acceptors (Lipinski definition) is 5. The first-order valence-electron chi connectivity index (χ1n) is 10.9. The van der Waals surface area contributed by atoms with Gasteiger partial charge in [0.15, 0.2) is 5.69 Å². The molecule has 0 radical (unpaired) electrons. The van der Waals surface area contributed by atoms with Crippen LogP contribution < -0.4 is 4.90 Å². The first-order valence-corrected chi connectivity index (χ1v) is 10.9. The Morgan fingerprint density at radius 1 is 1.12 bits per heavy atom. The van der Waals surface area contributed by atoms with Crippen molar-refractivity contribution in [3.63, 3.8) is 0 Å². The largest absolute Gasteiger partial charge is 0.305 e. The maximum atomic E-state index is 13.6. The molecule has 0 saturated heterocycles. The number of aromatic nitrogens is 3. The van der Waals surface area contributed by atoms with E-state index in [0.717, 1.165) is 16.9 Å². The maximum Gasteiger partial charge on any atom is 0.283 e. The molecule has 0 fully saturated rings. The van der Waals surface area contributed by atoms with Crippen molar-refractivity contribution in [2.24, 2.45) is 10.9 Å². The number of guanidine groups is 1. The Morgan fingerprint density at radius 3 is 2.50 bits per heavy atom. The minimum atomic E-state index is -0.312. The number of rotatable bonds is 5. The van der Waals surface area contributed by atoms with Gasteiger partial charge in [-0.05, 0) is 54.8 Å².